The van der Waals surface area contributed by atoms with Gasteiger partial charge in [0, 0.05) is 6.61 Å². The molecule has 0 aliphatic heterocycles. The van der Waals surface area contributed by atoms with Gasteiger partial charge in [0.05, 0.1) is 52.9 Å². The highest BCUT2D eigenvalue weighted by Crippen LogP contribution is 2.02. The zero-order chi connectivity index (χ0) is 16.8. The normalized spacial score (nSPS) is 11.2. The van der Waals surface area contributed by atoms with Gasteiger partial charge >= 0.3 is 0 Å². The lowest BCUT2D eigenvalue weighted by Crippen LogP contribution is -2.13. The highest BCUT2D eigenvalue weighted by atomic mass is 28.2. The van der Waals surface area contributed by atoms with E-state index in [0.29, 0.717) is 62.6 Å². The molecule has 0 aliphatic rings. The Bertz CT molecular complexity index is 187. The van der Waals surface area contributed by atoms with Crippen LogP contribution >= 0.6 is 0 Å². The molecule has 0 bridgehead atoms. The summed E-state index contributed by atoms with van der Waals surface area (Å²) in [7, 11) is 0.588. The van der Waals surface area contributed by atoms with Gasteiger partial charge in [0.2, 0.25) is 9.76 Å². The fourth-order valence-electron chi connectivity index (χ4n) is 1.84. The van der Waals surface area contributed by atoms with Gasteiger partial charge in [0.1, 0.15) is 0 Å². The van der Waals surface area contributed by atoms with E-state index < -0.39 is 0 Å². The maximum absolute atomic E-state index is 5.52. The smallest absolute Gasteiger partial charge is 0.229 e. The van der Waals surface area contributed by atoms with Crippen LogP contribution in [0.4, 0.5) is 0 Å². The second kappa shape index (κ2) is 22.0. The predicted octanol–water partition coefficient (Wildman–Crippen LogP) is 3.10. The molecule has 0 aliphatic carbocycles. The molecule has 0 atom stereocenters. The second-order valence-electron chi connectivity index (χ2n) is 5.21. The van der Waals surface area contributed by atoms with Crippen LogP contribution in [0.5, 0.6) is 0 Å². The molecule has 0 aromatic carbocycles. The SMILES string of the molecule is CCCCCCCOCCOCCOCCOCCO[Si]CC. The third-order valence-corrected chi connectivity index (χ3v) is 3.78. The number of hydrogen-bond acceptors (Lipinski definition) is 5. The lowest BCUT2D eigenvalue weighted by Gasteiger charge is -2.07. The van der Waals surface area contributed by atoms with Crippen molar-refractivity contribution in [3.05, 3.63) is 0 Å². The molecule has 0 saturated heterocycles. The number of unbranched alkanes of at least 4 members (excludes halogenated alkanes) is 4. The molecule has 0 aromatic heterocycles. The van der Waals surface area contributed by atoms with Gasteiger partial charge in [-0.3, -0.25) is 0 Å². The number of rotatable bonds is 20. The summed E-state index contributed by atoms with van der Waals surface area (Å²) in [5.41, 5.74) is 0. The maximum Gasteiger partial charge on any atom is 0.229 e. The van der Waals surface area contributed by atoms with Crippen molar-refractivity contribution >= 4 is 9.76 Å². The zero-order valence-corrected chi connectivity index (χ0v) is 16.1. The Morgan fingerprint density at radius 3 is 1.52 bits per heavy atom. The van der Waals surface area contributed by atoms with Crippen LogP contribution in [0.1, 0.15) is 46.0 Å². The third kappa shape index (κ3) is 22.0. The van der Waals surface area contributed by atoms with E-state index in [1.165, 1.54) is 25.7 Å². The fraction of sp³-hybridized carbons (Fsp3) is 1.00. The summed E-state index contributed by atoms with van der Waals surface area (Å²) in [5.74, 6) is 0. The first kappa shape index (κ1) is 23.0. The molecule has 0 amide bonds. The van der Waals surface area contributed by atoms with Crippen LogP contribution in [0.15, 0.2) is 0 Å². The van der Waals surface area contributed by atoms with Crippen molar-refractivity contribution in [1.29, 1.82) is 0 Å². The van der Waals surface area contributed by atoms with Gasteiger partial charge in [-0.2, -0.15) is 0 Å². The topological polar surface area (TPSA) is 46.2 Å². The molecule has 23 heavy (non-hydrogen) atoms. The van der Waals surface area contributed by atoms with Crippen molar-refractivity contribution < 1.29 is 23.4 Å². The zero-order valence-electron chi connectivity index (χ0n) is 15.1. The van der Waals surface area contributed by atoms with Crippen LogP contribution < -0.4 is 0 Å². The Labute approximate surface area is 145 Å². The van der Waals surface area contributed by atoms with Gasteiger partial charge in [-0.15, -0.1) is 0 Å². The minimum Gasteiger partial charge on any atom is -0.415 e. The van der Waals surface area contributed by atoms with E-state index >= 15 is 0 Å². The van der Waals surface area contributed by atoms with E-state index in [9.17, 15) is 0 Å². The molecule has 0 spiro atoms. The Kier molecular flexibility index (Phi) is 22.0. The average Bonchev–Trinajstić information content (AvgIpc) is 2.57. The minimum absolute atomic E-state index is 0.588. The summed E-state index contributed by atoms with van der Waals surface area (Å²) in [4.78, 5) is 0. The molecule has 0 saturated carbocycles. The first-order valence-electron chi connectivity index (χ1n) is 9.07. The molecule has 5 nitrogen and oxygen atoms in total. The van der Waals surface area contributed by atoms with Crippen molar-refractivity contribution in [2.75, 3.05) is 59.5 Å². The lowest BCUT2D eigenvalue weighted by molar-refractivity contribution is -0.00480. The van der Waals surface area contributed by atoms with Crippen LogP contribution in [0.3, 0.4) is 0 Å². The summed E-state index contributed by atoms with van der Waals surface area (Å²) in [5, 5.41) is 0. The summed E-state index contributed by atoms with van der Waals surface area (Å²) in [6, 6.07) is 1.08. The van der Waals surface area contributed by atoms with Gasteiger partial charge in [0.15, 0.2) is 0 Å². The Hall–Kier alpha value is 0.0169. The summed E-state index contributed by atoms with van der Waals surface area (Å²) in [6.45, 7) is 10.3. The van der Waals surface area contributed by atoms with E-state index in [1.54, 1.807) is 0 Å². The molecule has 6 heteroatoms. The van der Waals surface area contributed by atoms with Gasteiger partial charge in [-0.25, -0.2) is 0 Å². The first-order chi connectivity index (χ1) is 11.4. The van der Waals surface area contributed by atoms with Crippen molar-refractivity contribution in [3.8, 4) is 0 Å². The largest absolute Gasteiger partial charge is 0.415 e. The molecular weight excluding hydrogens is 312 g/mol. The van der Waals surface area contributed by atoms with Gasteiger partial charge < -0.3 is 23.4 Å². The highest BCUT2D eigenvalue weighted by molar-refractivity contribution is 6.26. The van der Waals surface area contributed by atoms with Crippen molar-refractivity contribution in [3.63, 3.8) is 0 Å². The van der Waals surface area contributed by atoms with E-state index in [2.05, 4.69) is 13.8 Å². The van der Waals surface area contributed by atoms with Crippen molar-refractivity contribution in [1.82, 2.24) is 0 Å². The van der Waals surface area contributed by atoms with E-state index in [1.807, 2.05) is 0 Å². The quantitative estimate of drug-likeness (QED) is 0.250. The number of ether oxygens (including phenoxy) is 4. The Balaban J connectivity index is 2.92. The van der Waals surface area contributed by atoms with E-state index in [0.717, 1.165) is 19.1 Å². The molecule has 2 radical (unpaired) electrons. The van der Waals surface area contributed by atoms with Gasteiger partial charge in [-0.1, -0.05) is 39.5 Å². The Morgan fingerprint density at radius 1 is 0.522 bits per heavy atom. The lowest BCUT2D eigenvalue weighted by atomic mass is 10.2. The van der Waals surface area contributed by atoms with Crippen molar-refractivity contribution in [2.45, 2.75) is 52.0 Å². The Morgan fingerprint density at radius 2 is 1.00 bits per heavy atom. The molecule has 0 unspecified atom stereocenters. The van der Waals surface area contributed by atoms with E-state index in [-0.39, 0.29) is 0 Å². The fourth-order valence-corrected chi connectivity index (χ4v) is 2.28. The molecule has 138 valence electrons. The monoisotopic (exact) mass is 348 g/mol. The van der Waals surface area contributed by atoms with Crippen molar-refractivity contribution in [2.24, 2.45) is 0 Å². The summed E-state index contributed by atoms with van der Waals surface area (Å²) < 4.78 is 27.1. The number of hydrogen-bond donors (Lipinski definition) is 0. The molecule has 0 aromatic rings. The third-order valence-electron chi connectivity index (χ3n) is 3.08. The highest BCUT2D eigenvalue weighted by Gasteiger charge is 1.94. The van der Waals surface area contributed by atoms with Gasteiger partial charge in [0.25, 0.3) is 0 Å². The summed E-state index contributed by atoms with van der Waals surface area (Å²) >= 11 is 0. The predicted molar refractivity (Wildman–Crippen MR) is 94.2 cm³/mol. The average molecular weight is 349 g/mol. The van der Waals surface area contributed by atoms with Gasteiger partial charge in [-0.05, 0) is 12.5 Å². The van der Waals surface area contributed by atoms with Crippen LogP contribution in [0.2, 0.25) is 6.04 Å². The summed E-state index contributed by atoms with van der Waals surface area (Å²) in [6.07, 6.45) is 6.38. The minimum atomic E-state index is 0.588. The van der Waals surface area contributed by atoms with Crippen LogP contribution in [-0.2, 0) is 23.4 Å². The standard InChI is InChI=1S/C17H36O5Si/c1-3-5-6-7-8-9-18-10-11-19-12-13-20-14-15-21-16-17-22-23-4-2/h3-17H2,1-2H3. The molecule has 0 N–H and O–H groups in total. The van der Waals surface area contributed by atoms with Crippen LogP contribution in [0.25, 0.3) is 0 Å². The molecular formula is C17H36O5Si. The molecule has 0 heterocycles. The van der Waals surface area contributed by atoms with Crippen LogP contribution in [-0.4, -0.2) is 69.2 Å². The second-order valence-corrected chi connectivity index (χ2v) is 6.49. The van der Waals surface area contributed by atoms with Crippen LogP contribution in [0, 0.1) is 0 Å². The van der Waals surface area contributed by atoms with E-state index in [4.69, 9.17) is 23.4 Å². The maximum atomic E-state index is 5.52. The molecule has 0 fully saturated rings. The molecule has 0 rings (SSSR count). The first-order valence-corrected chi connectivity index (χ1v) is 10.2.